The molecule has 0 spiro atoms. The van der Waals surface area contributed by atoms with Gasteiger partial charge < -0.3 is 9.74 Å². The number of oxime groups is 1. The molecule has 164 valence electrons. The molecule has 0 radical (unpaired) electrons. The number of fused-ring (bicyclic) bond motifs is 1. The summed E-state index contributed by atoms with van der Waals surface area (Å²) < 4.78 is 39.2. The molecule has 32 heavy (non-hydrogen) atoms. The Morgan fingerprint density at radius 1 is 0.969 bits per heavy atom. The van der Waals surface area contributed by atoms with Gasteiger partial charge in [0, 0.05) is 21.2 Å². The molecule has 0 atom stereocenters. The average Bonchev–Trinajstić information content (AvgIpc) is 3.01. The molecule has 0 bridgehead atoms. The van der Waals surface area contributed by atoms with Gasteiger partial charge in [0.15, 0.2) is 5.71 Å². The fourth-order valence-corrected chi connectivity index (χ4v) is 3.80. The Kier molecular flexibility index (Phi) is 6.13. The number of nitrogens with zero attached hydrogens (tertiary/aromatic N) is 2. The molecule has 9 heteroatoms. The van der Waals surface area contributed by atoms with Crippen LogP contribution in [0.4, 0.5) is 18.9 Å². The van der Waals surface area contributed by atoms with Crippen molar-refractivity contribution in [1.82, 2.24) is 0 Å². The Hall–Kier alpha value is -3.03. The molecule has 0 N–H and O–H groups in total. The van der Waals surface area contributed by atoms with Crippen LogP contribution < -0.4 is 4.90 Å². The van der Waals surface area contributed by atoms with E-state index in [0.29, 0.717) is 32.4 Å². The van der Waals surface area contributed by atoms with E-state index in [1.807, 2.05) is 0 Å². The van der Waals surface area contributed by atoms with Crippen molar-refractivity contribution in [3.8, 4) is 0 Å². The molecule has 0 unspecified atom stereocenters. The first-order valence-electron chi connectivity index (χ1n) is 9.45. The lowest BCUT2D eigenvalue weighted by molar-refractivity contribution is -0.137. The van der Waals surface area contributed by atoms with E-state index in [1.54, 1.807) is 48.5 Å². The lowest BCUT2D eigenvalue weighted by atomic mass is 10.1. The maximum absolute atomic E-state index is 13.1. The van der Waals surface area contributed by atoms with Crippen molar-refractivity contribution in [2.75, 3.05) is 4.90 Å². The lowest BCUT2D eigenvalue weighted by Gasteiger charge is -2.17. The maximum atomic E-state index is 13.1. The van der Waals surface area contributed by atoms with E-state index in [4.69, 9.17) is 28.0 Å². The third kappa shape index (κ3) is 4.59. The van der Waals surface area contributed by atoms with Crippen LogP contribution in [0.3, 0.4) is 0 Å². The largest absolute Gasteiger partial charge is 0.416 e. The van der Waals surface area contributed by atoms with Crippen LogP contribution in [0.2, 0.25) is 10.0 Å². The number of benzene rings is 3. The summed E-state index contributed by atoms with van der Waals surface area (Å²) in [5, 5.41) is 4.89. The summed E-state index contributed by atoms with van der Waals surface area (Å²) in [6.45, 7) is -0.0234. The number of anilines is 1. The molecule has 0 saturated carbocycles. The second-order valence-corrected chi connectivity index (χ2v) is 7.90. The van der Waals surface area contributed by atoms with Gasteiger partial charge in [-0.05, 0) is 35.9 Å². The fraction of sp³-hybridized carbons (Fsp3) is 0.130. The van der Waals surface area contributed by atoms with Gasteiger partial charge in [-0.1, -0.05) is 64.8 Å². The van der Waals surface area contributed by atoms with Crippen LogP contribution >= 0.6 is 23.2 Å². The molecule has 1 amide bonds. The lowest BCUT2D eigenvalue weighted by Crippen LogP contribution is -2.29. The zero-order valence-electron chi connectivity index (χ0n) is 16.4. The molecule has 1 heterocycles. The molecule has 3 aromatic rings. The van der Waals surface area contributed by atoms with E-state index < -0.39 is 17.6 Å². The number of rotatable bonds is 5. The summed E-state index contributed by atoms with van der Waals surface area (Å²) in [6, 6.07) is 16.7. The molecular formula is C23H15Cl2F3N2O2. The standard InChI is InChI=1S/C23H15Cl2F3N2O2/c24-17-9-8-15(19(25)11-17)13-32-29-21-18-6-1-2-7-20(18)30(22(21)31)12-14-4-3-5-16(10-14)23(26,27)28/h1-11H,12-13H2/b29-21+. The summed E-state index contributed by atoms with van der Waals surface area (Å²) in [7, 11) is 0. The highest BCUT2D eigenvalue weighted by Crippen LogP contribution is 2.33. The van der Waals surface area contributed by atoms with Crippen molar-refractivity contribution in [3.05, 3.63) is 99.0 Å². The molecule has 1 aliphatic rings. The van der Waals surface area contributed by atoms with Crippen molar-refractivity contribution >= 4 is 40.5 Å². The monoisotopic (exact) mass is 478 g/mol. The van der Waals surface area contributed by atoms with E-state index in [2.05, 4.69) is 5.16 Å². The summed E-state index contributed by atoms with van der Waals surface area (Å²) >= 11 is 12.0. The zero-order chi connectivity index (χ0) is 22.9. The Bertz CT molecular complexity index is 1210. The van der Waals surface area contributed by atoms with Gasteiger partial charge in [-0.2, -0.15) is 13.2 Å². The molecule has 0 aliphatic carbocycles. The Balaban J connectivity index is 1.57. The predicted octanol–water partition coefficient (Wildman–Crippen LogP) is 6.48. The number of amides is 1. The first-order valence-corrected chi connectivity index (χ1v) is 10.2. The van der Waals surface area contributed by atoms with Crippen molar-refractivity contribution in [2.24, 2.45) is 5.16 Å². The Labute approximate surface area is 191 Å². The number of carbonyl (C=O) groups excluding carboxylic acids is 1. The fourth-order valence-electron chi connectivity index (χ4n) is 3.34. The zero-order valence-corrected chi connectivity index (χ0v) is 17.9. The van der Waals surface area contributed by atoms with Crippen molar-refractivity contribution < 1.29 is 22.8 Å². The van der Waals surface area contributed by atoms with Crippen LogP contribution in [-0.2, 0) is 29.0 Å². The molecule has 0 fully saturated rings. The van der Waals surface area contributed by atoms with Gasteiger partial charge in [0.1, 0.15) is 6.61 Å². The van der Waals surface area contributed by atoms with E-state index in [1.165, 1.54) is 11.0 Å². The van der Waals surface area contributed by atoms with E-state index in [-0.39, 0.29) is 18.9 Å². The minimum Gasteiger partial charge on any atom is -0.390 e. The number of halogens is 5. The summed E-state index contributed by atoms with van der Waals surface area (Å²) in [6.07, 6.45) is -4.47. The van der Waals surface area contributed by atoms with Gasteiger partial charge in [-0.15, -0.1) is 0 Å². The van der Waals surface area contributed by atoms with Gasteiger partial charge in [0.25, 0.3) is 5.91 Å². The molecule has 3 aromatic carbocycles. The van der Waals surface area contributed by atoms with Crippen LogP contribution in [0.15, 0.2) is 71.9 Å². The second kappa shape index (κ2) is 8.84. The highest BCUT2D eigenvalue weighted by molar-refractivity contribution is 6.54. The van der Waals surface area contributed by atoms with Gasteiger partial charge in [0.05, 0.1) is 17.8 Å². The normalized spacial score (nSPS) is 14.7. The van der Waals surface area contributed by atoms with Crippen LogP contribution in [0.25, 0.3) is 0 Å². The first-order chi connectivity index (χ1) is 15.2. The van der Waals surface area contributed by atoms with E-state index in [0.717, 1.165) is 12.1 Å². The molecule has 4 nitrogen and oxygen atoms in total. The SMILES string of the molecule is O=C1/C(=N/OCc2ccc(Cl)cc2Cl)c2ccccc2N1Cc1cccc(C(F)(F)F)c1. The number of hydrogen-bond donors (Lipinski definition) is 0. The Morgan fingerprint density at radius 2 is 1.75 bits per heavy atom. The van der Waals surface area contributed by atoms with Crippen molar-refractivity contribution in [1.29, 1.82) is 0 Å². The molecule has 4 rings (SSSR count). The predicted molar refractivity (Wildman–Crippen MR) is 117 cm³/mol. The molecular weight excluding hydrogens is 464 g/mol. The highest BCUT2D eigenvalue weighted by Gasteiger charge is 2.35. The summed E-state index contributed by atoms with van der Waals surface area (Å²) in [4.78, 5) is 19.8. The maximum Gasteiger partial charge on any atom is 0.416 e. The Morgan fingerprint density at radius 3 is 2.50 bits per heavy atom. The van der Waals surface area contributed by atoms with Crippen LogP contribution in [0, 0.1) is 0 Å². The van der Waals surface area contributed by atoms with Crippen molar-refractivity contribution in [3.63, 3.8) is 0 Å². The van der Waals surface area contributed by atoms with Crippen molar-refractivity contribution in [2.45, 2.75) is 19.3 Å². The highest BCUT2D eigenvalue weighted by atomic mass is 35.5. The number of alkyl halides is 3. The molecule has 1 aliphatic heterocycles. The number of carbonyl (C=O) groups is 1. The third-order valence-corrected chi connectivity index (χ3v) is 5.47. The van der Waals surface area contributed by atoms with E-state index >= 15 is 0 Å². The van der Waals surface area contributed by atoms with Crippen LogP contribution in [0.1, 0.15) is 22.3 Å². The quantitative estimate of drug-likeness (QED) is 0.393. The topological polar surface area (TPSA) is 41.9 Å². The second-order valence-electron chi connectivity index (χ2n) is 7.06. The first kappa shape index (κ1) is 22.2. The average molecular weight is 479 g/mol. The van der Waals surface area contributed by atoms with Gasteiger partial charge in [-0.3, -0.25) is 4.79 Å². The summed E-state index contributed by atoms with van der Waals surface area (Å²) in [5.41, 5.74) is 1.36. The number of hydrogen-bond acceptors (Lipinski definition) is 3. The minimum atomic E-state index is -4.47. The smallest absolute Gasteiger partial charge is 0.390 e. The van der Waals surface area contributed by atoms with E-state index in [9.17, 15) is 18.0 Å². The summed E-state index contributed by atoms with van der Waals surface area (Å²) in [5.74, 6) is -0.467. The molecule has 0 aromatic heterocycles. The van der Waals surface area contributed by atoms with Gasteiger partial charge in [0.2, 0.25) is 0 Å². The van der Waals surface area contributed by atoms with Crippen LogP contribution in [0.5, 0.6) is 0 Å². The third-order valence-electron chi connectivity index (χ3n) is 4.88. The van der Waals surface area contributed by atoms with Gasteiger partial charge >= 0.3 is 6.18 Å². The van der Waals surface area contributed by atoms with Gasteiger partial charge in [-0.25, -0.2) is 0 Å². The molecule has 0 saturated heterocycles. The minimum absolute atomic E-state index is 0.0164. The number of para-hydroxylation sites is 1. The van der Waals surface area contributed by atoms with Crippen LogP contribution in [-0.4, -0.2) is 11.6 Å².